The summed E-state index contributed by atoms with van der Waals surface area (Å²) in [5, 5.41) is 7.95. The van der Waals surface area contributed by atoms with E-state index in [1.54, 1.807) is 24.5 Å². The van der Waals surface area contributed by atoms with Gasteiger partial charge in [-0.15, -0.1) is 5.10 Å². The number of nitrogens with one attached hydrogen (secondary N) is 2. The first-order valence-corrected chi connectivity index (χ1v) is 9.30. The van der Waals surface area contributed by atoms with Crippen molar-refractivity contribution in [3.63, 3.8) is 0 Å². The van der Waals surface area contributed by atoms with E-state index in [1.807, 2.05) is 18.2 Å². The smallest absolute Gasteiger partial charge is 0.275 e. The van der Waals surface area contributed by atoms with E-state index in [1.165, 1.54) is 4.52 Å². The second-order valence-corrected chi connectivity index (χ2v) is 6.69. The molecular weight excluding hydrogens is 378 g/mol. The number of nitrogens with zero attached hydrogens (tertiary/aromatic N) is 5. The van der Waals surface area contributed by atoms with Crippen LogP contribution < -0.4 is 10.9 Å². The van der Waals surface area contributed by atoms with Crippen LogP contribution in [0.25, 0.3) is 17.2 Å². The van der Waals surface area contributed by atoms with E-state index in [0.29, 0.717) is 29.1 Å². The van der Waals surface area contributed by atoms with Gasteiger partial charge in [0.15, 0.2) is 5.82 Å². The third kappa shape index (κ3) is 3.72. The van der Waals surface area contributed by atoms with Crippen LogP contribution in [0.5, 0.6) is 0 Å². The second kappa shape index (κ2) is 7.77. The Hall–Kier alpha value is -3.26. The minimum absolute atomic E-state index is 0.209. The number of hydrogen-bond acceptors (Lipinski definition) is 6. The molecule has 0 aliphatic heterocycles. The number of aromatic amines is 1. The second-order valence-electron chi connectivity index (χ2n) is 6.29. The summed E-state index contributed by atoms with van der Waals surface area (Å²) in [5.41, 5.74) is 2.35. The molecular formula is C19H18ClN7O. The van der Waals surface area contributed by atoms with E-state index in [2.05, 4.69) is 37.3 Å². The lowest BCUT2D eigenvalue weighted by molar-refractivity contribution is 0.837. The topological polar surface area (TPSA) is 101 Å². The van der Waals surface area contributed by atoms with Gasteiger partial charge in [-0.05, 0) is 36.2 Å². The van der Waals surface area contributed by atoms with Crippen molar-refractivity contribution in [2.75, 3.05) is 5.32 Å². The maximum absolute atomic E-state index is 12.2. The molecule has 0 aliphatic rings. The molecule has 0 unspecified atom stereocenters. The number of H-pyrrole nitrogens is 1. The van der Waals surface area contributed by atoms with E-state index < -0.39 is 0 Å². The third-order valence-electron chi connectivity index (χ3n) is 4.21. The SMILES string of the molecule is CCCc1cc(=O)n2nc(NCc3cc(-c4ncccn4)ccc3Cl)nc2[nH]1. The van der Waals surface area contributed by atoms with E-state index in [0.717, 1.165) is 29.7 Å². The largest absolute Gasteiger partial charge is 0.349 e. The van der Waals surface area contributed by atoms with Crippen LogP contribution in [-0.2, 0) is 13.0 Å². The van der Waals surface area contributed by atoms with Gasteiger partial charge < -0.3 is 10.3 Å². The van der Waals surface area contributed by atoms with Crippen molar-refractivity contribution in [2.24, 2.45) is 0 Å². The van der Waals surface area contributed by atoms with Gasteiger partial charge in [-0.1, -0.05) is 24.9 Å². The summed E-state index contributed by atoms with van der Waals surface area (Å²) < 4.78 is 1.25. The fourth-order valence-electron chi connectivity index (χ4n) is 2.89. The monoisotopic (exact) mass is 395 g/mol. The van der Waals surface area contributed by atoms with Crippen molar-refractivity contribution >= 4 is 23.3 Å². The fourth-order valence-corrected chi connectivity index (χ4v) is 3.07. The van der Waals surface area contributed by atoms with Gasteiger partial charge in [0.25, 0.3) is 5.56 Å². The molecule has 0 aliphatic carbocycles. The van der Waals surface area contributed by atoms with Gasteiger partial charge in [0.1, 0.15) is 0 Å². The minimum Gasteiger partial charge on any atom is -0.349 e. The lowest BCUT2D eigenvalue weighted by Crippen LogP contribution is -2.15. The summed E-state index contributed by atoms with van der Waals surface area (Å²) in [4.78, 5) is 28.2. The predicted molar refractivity (Wildman–Crippen MR) is 107 cm³/mol. The van der Waals surface area contributed by atoms with Gasteiger partial charge in [-0.3, -0.25) is 4.79 Å². The highest BCUT2D eigenvalue weighted by atomic mass is 35.5. The maximum atomic E-state index is 12.2. The number of anilines is 1. The van der Waals surface area contributed by atoms with E-state index >= 15 is 0 Å². The molecule has 0 atom stereocenters. The fraction of sp³-hybridized carbons (Fsp3) is 0.211. The molecule has 0 saturated heterocycles. The Morgan fingerprint density at radius 1 is 1.21 bits per heavy atom. The Morgan fingerprint density at radius 3 is 2.82 bits per heavy atom. The molecule has 3 aromatic heterocycles. The number of benzene rings is 1. The summed E-state index contributed by atoms with van der Waals surface area (Å²) in [6.45, 7) is 2.45. The highest BCUT2D eigenvalue weighted by molar-refractivity contribution is 6.31. The molecule has 8 nitrogen and oxygen atoms in total. The highest BCUT2D eigenvalue weighted by Gasteiger charge is 2.10. The van der Waals surface area contributed by atoms with Crippen molar-refractivity contribution in [2.45, 2.75) is 26.3 Å². The van der Waals surface area contributed by atoms with Crippen molar-refractivity contribution in [1.29, 1.82) is 0 Å². The summed E-state index contributed by atoms with van der Waals surface area (Å²) in [6, 6.07) is 8.92. The summed E-state index contributed by atoms with van der Waals surface area (Å²) in [5.74, 6) is 1.38. The summed E-state index contributed by atoms with van der Waals surface area (Å²) in [6.07, 6.45) is 5.11. The highest BCUT2D eigenvalue weighted by Crippen LogP contribution is 2.23. The summed E-state index contributed by atoms with van der Waals surface area (Å²) in [7, 11) is 0. The standard InChI is InChI=1S/C19H18ClN7O/c1-2-4-14-10-16(28)27-19(24-14)25-18(26-27)23-11-13-9-12(5-6-15(13)20)17-21-7-3-8-22-17/h3,5-10H,2,4,11H2,1H3,(H2,23,24,25,26). The van der Waals surface area contributed by atoms with Crippen LogP contribution in [0.1, 0.15) is 24.6 Å². The molecule has 0 radical (unpaired) electrons. The molecule has 1 aromatic carbocycles. The Balaban J connectivity index is 1.57. The average Bonchev–Trinajstić information content (AvgIpc) is 3.12. The molecule has 142 valence electrons. The number of halogens is 1. The first-order chi connectivity index (χ1) is 13.6. The van der Waals surface area contributed by atoms with Crippen molar-refractivity contribution < 1.29 is 0 Å². The number of rotatable bonds is 6. The molecule has 0 spiro atoms. The van der Waals surface area contributed by atoms with Crippen LogP contribution in [0.3, 0.4) is 0 Å². The molecule has 0 bridgehead atoms. The number of aromatic nitrogens is 6. The van der Waals surface area contributed by atoms with Crippen LogP contribution >= 0.6 is 11.6 Å². The number of fused-ring (bicyclic) bond motifs is 1. The zero-order chi connectivity index (χ0) is 19.5. The Labute approximate surface area is 165 Å². The predicted octanol–water partition coefficient (Wildman–Crippen LogP) is 3.09. The number of aryl methyl sites for hydroxylation is 1. The quantitative estimate of drug-likeness (QED) is 0.520. The van der Waals surface area contributed by atoms with Crippen LogP contribution in [0.4, 0.5) is 5.95 Å². The van der Waals surface area contributed by atoms with Gasteiger partial charge in [-0.25, -0.2) is 9.97 Å². The normalized spacial score (nSPS) is 11.1. The number of hydrogen-bond donors (Lipinski definition) is 2. The van der Waals surface area contributed by atoms with E-state index in [9.17, 15) is 4.79 Å². The molecule has 9 heteroatoms. The van der Waals surface area contributed by atoms with Gasteiger partial charge in [0.05, 0.1) is 0 Å². The molecule has 3 heterocycles. The van der Waals surface area contributed by atoms with E-state index in [-0.39, 0.29) is 5.56 Å². The van der Waals surface area contributed by atoms with E-state index in [4.69, 9.17) is 11.6 Å². The van der Waals surface area contributed by atoms with Gasteiger partial charge in [0, 0.05) is 41.3 Å². The van der Waals surface area contributed by atoms with Gasteiger partial charge in [-0.2, -0.15) is 9.50 Å². The molecule has 4 aromatic rings. The zero-order valence-electron chi connectivity index (χ0n) is 15.2. The van der Waals surface area contributed by atoms with Gasteiger partial charge in [0.2, 0.25) is 11.7 Å². The molecule has 0 amide bonds. The Morgan fingerprint density at radius 2 is 2.04 bits per heavy atom. The zero-order valence-corrected chi connectivity index (χ0v) is 15.9. The molecule has 0 fully saturated rings. The van der Waals surface area contributed by atoms with Crippen LogP contribution in [0, 0.1) is 0 Å². The van der Waals surface area contributed by atoms with Crippen LogP contribution in [0.2, 0.25) is 5.02 Å². The Bertz CT molecular complexity index is 1170. The summed E-state index contributed by atoms with van der Waals surface area (Å²) >= 11 is 6.33. The minimum atomic E-state index is -0.209. The Kier molecular flexibility index (Phi) is 5.03. The average molecular weight is 396 g/mol. The van der Waals surface area contributed by atoms with Crippen molar-refractivity contribution in [1.82, 2.24) is 29.5 Å². The maximum Gasteiger partial charge on any atom is 0.275 e. The van der Waals surface area contributed by atoms with Crippen molar-refractivity contribution in [3.05, 3.63) is 69.4 Å². The first kappa shape index (κ1) is 18.1. The molecule has 0 saturated carbocycles. The molecule has 4 rings (SSSR count). The lowest BCUT2D eigenvalue weighted by atomic mass is 10.1. The molecule has 28 heavy (non-hydrogen) atoms. The van der Waals surface area contributed by atoms with Crippen LogP contribution in [-0.4, -0.2) is 29.5 Å². The van der Waals surface area contributed by atoms with Crippen molar-refractivity contribution in [3.8, 4) is 11.4 Å². The lowest BCUT2D eigenvalue weighted by Gasteiger charge is -2.07. The third-order valence-corrected chi connectivity index (χ3v) is 4.58. The first-order valence-electron chi connectivity index (χ1n) is 8.92. The van der Waals surface area contributed by atoms with Gasteiger partial charge >= 0.3 is 0 Å². The van der Waals surface area contributed by atoms with Crippen LogP contribution in [0.15, 0.2) is 47.5 Å². The molecule has 2 N–H and O–H groups in total.